The van der Waals surface area contributed by atoms with Gasteiger partial charge in [-0.15, -0.1) is 0 Å². The Hall–Kier alpha value is 0.270. The first-order valence-corrected chi connectivity index (χ1v) is 6.89. The van der Waals surface area contributed by atoms with Gasteiger partial charge in [0.05, 0.1) is 6.61 Å². The van der Waals surface area contributed by atoms with E-state index in [4.69, 9.17) is 4.74 Å². The minimum Gasteiger partial charge on any atom is -0.380 e. The SMILES string of the molecule is CCOCCN(CC)CCCCCCS. The summed E-state index contributed by atoms with van der Waals surface area (Å²) in [7, 11) is 0. The summed E-state index contributed by atoms with van der Waals surface area (Å²) in [5, 5.41) is 0. The van der Waals surface area contributed by atoms with Crippen molar-refractivity contribution in [2.45, 2.75) is 39.5 Å². The zero-order valence-electron chi connectivity index (χ0n) is 10.4. The van der Waals surface area contributed by atoms with Gasteiger partial charge in [0.1, 0.15) is 0 Å². The lowest BCUT2D eigenvalue weighted by Gasteiger charge is -2.19. The highest BCUT2D eigenvalue weighted by atomic mass is 32.1. The number of hydrogen-bond donors (Lipinski definition) is 1. The molecular formula is C12H27NOS. The molecule has 0 spiro atoms. The van der Waals surface area contributed by atoms with Crippen molar-refractivity contribution in [2.24, 2.45) is 0 Å². The molecule has 0 bridgehead atoms. The van der Waals surface area contributed by atoms with Crippen LogP contribution in [-0.4, -0.2) is 43.5 Å². The Bertz CT molecular complexity index is 122. The maximum Gasteiger partial charge on any atom is 0.0593 e. The van der Waals surface area contributed by atoms with Crippen molar-refractivity contribution >= 4 is 12.6 Å². The number of hydrogen-bond acceptors (Lipinski definition) is 3. The predicted octanol–water partition coefficient (Wildman–Crippen LogP) is 2.84. The number of thiol groups is 1. The molecule has 15 heavy (non-hydrogen) atoms. The topological polar surface area (TPSA) is 12.5 Å². The Kier molecular flexibility index (Phi) is 12.6. The second-order valence-electron chi connectivity index (χ2n) is 3.77. The molecule has 0 aromatic heterocycles. The lowest BCUT2D eigenvalue weighted by atomic mass is 10.2. The Balaban J connectivity index is 3.28. The van der Waals surface area contributed by atoms with Crippen LogP contribution in [-0.2, 0) is 4.74 Å². The Labute approximate surface area is 101 Å². The van der Waals surface area contributed by atoms with E-state index in [0.29, 0.717) is 0 Å². The first-order valence-electron chi connectivity index (χ1n) is 6.26. The van der Waals surface area contributed by atoms with Gasteiger partial charge in [-0.25, -0.2) is 0 Å². The number of ether oxygens (including phenoxy) is 1. The Morgan fingerprint density at radius 3 is 2.33 bits per heavy atom. The Morgan fingerprint density at radius 2 is 1.73 bits per heavy atom. The van der Waals surface area contributed by atoms with Crippen LogP contribution >= 0.6 is 12.6 Å². The summed E-state index contributed by atoms with van der Waals surface area (Å²) < 4.78 is 5.36. The van der Waals surface area contributed by atoms with Gasteiger partial charge in [0.25, 0.3) is 0 Å². The van der Waals surface area contributed by atoms with E-state index in [-0.39, 0.29) is 0 Å². The van der Waals surface area contributed by atoms with Gasteiger partial charge in [0.2, 0.25) is 0 Å². The summed E-state index contributed by atoms with van der Waals surface area (Å²) in [6.45, 7) is 9.42. The van der Waals surface area contributed by atoms with Crippen molar-refractivity contribution in [2.75, 3.05) is 38.6 Å². The third-order valence-electron chi connectivity index (χ3n) is 2.59. The van der Waals surface area contributed by atoms with E-state index in [9.17, 15) is 0 Å². The Morgan fingerprint density at radius 1 is 1.00 bits per heavy atom. The molecule has 0 rings (SSSR count). The monoisotopic (exact) mass is 233 g/mol. The number of unbranched alkanes of at least 4 members (excludes halogenated alkanes) is 3. The van der Waals surface area contributed by atoms with Crippen molar-refractivity contribution in [3.8, 4) is 0 Å². The standard InChI is InChI=1S/C12H27NOS/c1-3-13(10-11-14-4-2)9-7-5-6-8-12-15/h15H,3-12H2,1-2H3. The van der Waals surface area contributed by atoms with Crippen molar-refractivity contribution < 1.29 is 4.74 Å². The summed E-state index contributed by atoms with van der Waals surface area (Å²) in [6, 6.07) is 0. The third-order valence-corrected chi connectivity index (χ3v) is 2.90. The highest BCUT2D eigenvalue weighted by molar-refractivity contribution is 7.80. The van der Waals surface area contributed by atoms with Gasteiger partial charge >= 0.3 is 0 Å². The van der Waals surface area contributed by atoms with Crippen molar-refractivity contribution in [1.29, 1.82) is 0 Å². The molecule has 0 saturated heterocycles. The molecule has 0 unspecified atom stereocenters. The van der Waals surface area contributed by atoms with E-state index < -0.39 is 0 Å². The van der Waals surface area contributed by atoms with Crippen LogP contribution in [0.3, 0.4) is 0 Å². The fourth-order valence-corrected chi connectivity index (χ4v) is 1.79. The van der Waals surface area contributed by atoms with Gasteiger partial charge in [-0.3, -0.25) is 0 Å². The average Bonchev–Trinajstić information content (AvgIpc) is 2.26. The van der Waals surface area contributed by atoms with E-state index in [0.717, 1.165) is 32.1 Å². The molecule has 0 aliphatic carbocycles. The maximum absolute atomic E-state index is 5.36. The minimum absolute atomic E-state index is 0.833. The smallest absolute Gasteiger partial charge is 0.0593 e. The van der Waals surface area contributed by atoms with E-state index in [1.165, 1.54) is 32.2 Å². The van der Waals surface area contributed by atoms with E-state index >= 15 is 0 Å². The zero-order chi connectivity index (χ0) is 11.4. The molecule has 0 heterocycles. The first-order chi connectivity index (χ1) is 7.35. The first kappa shape index (κ1) is 15.3. The van der Waals surface area contributed by atoms with Crippen LogP contribution in [0.15, 0.2) is 0 Å². The van der Waals surface area contributed by atoms with Gasteiger partial charge in [-0.1, -0.05) is 19.8 Å². The minimum atomic E-state index is 0.833. The summed E-state index contributed by atoms with van der Waals surface area (Å²) in [5.74, 6) is 1.03. The summed E-state index contributed by atoms with van der Waals surface area (Å²) in [4.78, 5) is 2.47. The number of nitrogens with zero attached hydrogens (tertiary/aromatic N) is 1. The van der Waals surface area contributed by atoms with Gasteiger partial charge < -0.3 is 9.64 Å². The average molecular weight is 233 g/mol. The van der Waals surface area contributed by atoms with Crippen molar-refractivity contribution in [3.05, 3.63) is 0 Å². The number of likely N-dealkylation sites (N-methyl/N-ethyl adjacent to an activating group) is 1. The molecule has 0 aromatic rings. The van der Waals surface area contributed by atoms with Crippen LogP contribution in [0.2, 0.25) is 0 Å². The fraction of sp³-hybridized carbons (Fsp3) is 1.00. The molecule has 0 saturated carbocycles. The molecule has 0 fully saturated rings. The summed E-state index contributed by atoms with van der Waals surface area (Å²) in [5.41, 5.74) is 0. The lowest BCUT2D eigenvalue weighted by molar-refractivity contribution is 0.114. The molecule has 2 nitrogen and oxygen atoms in total. The van der Waals surface area contributed by atoms with Crippen LogP contribution < -0.4 is 0 Å². The predicted molar refractivity (Wildman–Crippen MR) is 70.9 cm³/mol. The van der Waals surface area contributed by atoms with Crippen LogP contribution in [0.1, 0.15) is 39.5 Å². The molecule has 0 radical (unpaired) electrons. The van der Waals surface area contributed by atoms with Crippen LogP contribution in [0.4, 0.5) is 0 Å². The van der Waals surface area contributed by atoms with E-state index in [1.807, 2.05) is 6.92 Å². The van der Waals surface area contributed by atoms with Crippen LogP contribution in [0.25, 0.3) is 0 Å². The van der Waals surface area contributed by atoms with Crippen molar-refractivity contribution in [3.63, 3.8) is 0 Å². The van der Waals surface area contributed by atoms with Gasteiger partial charge in [0.15, 0.2) is 0 Å². The van der Waals surface area contributed by atoms with Crippen LogP contribution in [0.5, 0.6) is 0 Å². The molecular weight excluding hydrogens is 206 g/mol. The highest BCUT2D eigenvalue weighted by Crippen LogP contribution is 2.02. The van der Waals surface area contributed by atoms with Crippen molar-refractivity contribution in [1.82, 2.24) is 4.90 Å². The maximum atomic E-state index is 5.36. The van der Waals surface area contributed by atoms with Crippen LogP contribution in [0, 0.1) is 0 Å². The van der Waals surface area contributed by atoms with Gasteiger partial charge in [-0.05, 0) is 38.6 Å². The molecule has 0 amide bonds. The molecule has 3 heteroatoms. The molecule has 0 N–H and O–H groups in total. The van der Waals surface area contributed by atoms with Gasteiger partial charge in [0, 0.05) is 13.2 Å². The fourth-order valence-electron chi connectivity index (χ4n) is 1.57. The van der Waals surface area contributed by atoms with Gasteiger partial charge in [-0.2, -0.15) is 12.6 Å². The zero-order valence-corrected chi connectivity index (χ0v) is 11.3. The lowest BCUT2D eigenvalue weighted by Crippen LogP contribution is -2.28. The quantitative estimate of drug-likeness (QED) is 0.435. The highest BCUT2D eigenvalue weighted by Gasteiger charge is 2.01. The van der Waals surface area contributed by atoms with E-state index in [2.05, 4.69) is 24.5 Å². The second-order valence-corrected chi connectivity index (χ2v) is 4.22. The second kappa shape index (κ2) is 12.3. The van der Waals surface area contributed by atoms with E-state index in [1.54, 1.807) is 0 Å². The molecule has 0 atom stereocenters. The summed E-state index contributed by atoms with van der Waals surface area (Å²) in [6.07, 6.45) is 5.24. The number of rotatable bonds is 11. The third kappa shape index (κ3) is 10.6. The largest absolute Gasteiger partial charge is 0.380 e. The molecule has 92 valence electrons. The molecule has 0 aliphatic rings. The summed E-state index contributed by atoms with van der Waals surface area (Å²) >= 11 is 4.21. The normalized spacial score (nSPS) is 11.2. The molecule has 0 aliphatic heterocycles. The molecule has 0 aromatic carbocycles.